The van der Waals surface area contributed by atoms with E-state index in [4.69, 9.17) is 10.5 Å². The molecule has 0 bridgehead atoms. The van der Waals surface area contributed by atoms with Gasteiger partial charge in [0.15, 0.2) is 6.61 Å². The molecule has 0 atom stereocenters. The third-order valence-electron chi connectivity index (χ3n) is 3.15. The number of carbonyl (C=O) groups excluding carboxylic acids is 2. The lowest BCUT2D eigenvalue weighted by Crippen LogP contribution is -2.36. The van der Waals surface area contributed by atoms with Crippen LogP contribution >= 0.6 is 0 Å². The number of hydrogen-bond donors (Lipinski definition) is 2. The highest BCUT2D eigenvalue weighted by Gasteiger charge is 2.22. The molecule has 3 N–H and O–H groups in total. The maximum atomic E-state index is 11.7. The fraction of sp³-hybridized carbons (Fsp3) is 0.583. The number of hydrogen-bond acceptors (Lipinski definition) is 6. The first kappa shape index (κ1) is 13.4. The summed E-state index contributed by atoms with van der Waals surface area (Å²) in [6, 6.07) is 0.202. The second kappa shape index (κ2) is 5.73. The molecule has 1 saturated carbocycles. The van der Waals surface area contributed by atoms with E-state index in [-0.39, 0.29) is 30.0 Å². The van der Waals surface area contributed by atoms with Crippen LogP contribution in [0.2, 0.25) is 0 Å². The van der Waals surface area contributed by atoms with Crippen LogP contribution in [-0.2, 0) is 9.53 Å². The zero-order chi connectivity index (χ0) is 13.8. The summed E-state index contributed by atoms with van der Waals surface area (Å²) < 4.78 is 9.55. The van der Waals surface area contributed by atoms with Crippen LogP contribution in [0.4, 0.5) is 5.88 Å². The molecule has 0 unspecified atom stereocenters. The number of esters is 1. The molecule has 0 spiro atoms. The third kappa shape index (κ3) is 3.24. The van der Waals surface area contributed by atoms with Crippen LogP contribution < -0.4 is 11.1 Å². The molecule has 1 aliphatic carbocycles. The van der Waals surface area contributed by atoms with Crippen molar-refractivity contribution in [3.05, 3.63) is 11.3 Å². The van der Waals surface area contributed by atoms with Crippen LogP contribution in [0.25, 0.3) is 0 Å². The first-order chi connectivity index (χ1) is 9.08. The van der Waals surface area contributed by atoms with Crippen LogP contribution in [0, 0.1) is 6.92 Å². The molecule has 1 amide bonds. The molecule has 19 heavy (non-hydrogen) atoms. The standard InChI is InChI=1S/C12H17N3O4/c1-7-10(11(13)19-15-7)12(17)18-6-9(16)14-8-4-2-3-5-8/h8H,2-6,13H2,1H3,(H,14,16). The van der Waals surface area contributed by atoms with E-state index < -0.39 is 5.97 Å². The lowest BCUT2D eigenvalue weighted by Gasteiger charge is -2.11. The maximum Gasteiger partial charge on any atom is 0.346 e. The van der Waals surface area contributed by atoms with E-state index in [1.807, 2.05) is 0 Å². The Morgan fingerprint density at radius 2 is 2.16 bits per heavy atom. The number of nitrogens with one attached hydrogen (secondary N) is 1. The van der Waals surface area contributed by atoms with Gasteiger partial charge in [0.05, 0.1) is 5.69 Å². The average molecular weight is 267 g/mol. The zero-order valence-electron chi connectivity index (χ0n) is 10.8. The molecule has 0 saturated heterocycles. The van der Waals surface area contributed by atoms with Gasteiger partial charge >= 0.3 is 5.97 Å². The minimum absolute atomic E-state index is 0.0775. The number of nitrogens with zero attached hydrogens (tertiary/aromatic N) is 1. The van der Waals surface area contributed by atoms with E-state index in [9.17, 15) is 9.59 Å². The second-order valence-corrected chi connectivity index (χ2v) is 4.63. The van der Waals surface area contributed by atoms with Crippen molar-refractivity contribution in [3.8, 4) is 0 Å². The average Bonchev–Trinajstić information content (AvgIpc) is 2.97. The lowest BCUT2D eigenvalue weighted by molar-refractivity contribution is -0.124. The Hall–Kier alpha value is -2.05. The van der Waals surface area contributed by atoms with Gasteiger partial charge < -0.3 is 20.3 Å². The highest BCUT2D eigenvalue weighted by Crippen LogP contribution is 2.18. The third-order valence-corrected chi connectivity index (χ3v) is 3.15. The number of nitrogens with two attached hydrogens (primary N) is 1. The molecule has 1 aliphatic rings. The van der Waals surface area contributed by atoms with E-state index in [0.29, 0.717) is 5.69 Å². The van der Waals surface area contributed by atoms with Crippen molar-refractivity contribution in [1.29, 1.82) is 0 Å². The zero-order valence-corrected chi connectivity index (χ0v) is 10.8. The largest absolute Gasteiger partial charge is 0.452 e. The molecule has 7 nitrogen and oxygen atoms in total. The van der Waals surface area contributed by atoms with Gasteiger partial charge in [-0.2, -0.15) is 0 Å². The number of ether oxygens (including phenoxy) is 1. The fourth-order valence-electron chi connectivity index (χ4n) is 2.18. The van der Waals surface area contributed by atoms with Crippen LogP contribution in [-0.4, -0.2) is 29.7 Å². The number of aromatic nitrogens is 1. The predicted molar refractivity (Wildman–Crippen MR) is 66.3 cm³/mol. The Morgan fingerprint density at radius 1 is 1.47 bits per heavy atom. The molecule has 1 aromatic heterocycles. The van der Waals surface area contributed by atoms with E-state index in [1.54, 1.807) is 6.92 Å². The Bertz CT molecular complexity index is 458. The minimum atomic E-state index is -0.696. The highest BCUT2D eigenvalue weighted by molar-refractivity contribution is 5.96. The van der Waals surface area contributed by atoms with Gasteiger partial charge in [0.2, 0.25) is 5.88 Å². The van der Waals surface area contributed by atoms with Gasteiger partial charge in [-0.1, -0.05) is 18.0 Å². The summed E-state index contributed by atoms with van der Waals surface area (Å²) in [6.45, 7) is 1.26. The van der Waals surface area contributed by atoms with Crippen molar-refractivity contribution in [2.24, 2.45) is 0 Å². The van der Waals surface area contributed by atoms with E-state index >= 15 is 0 Å². The minimum Gasteiger partial charge on any atom is -0.452 e. The maximum absolute atomic E-state index is 11.7. The second-order valence-electron chi connectivity index (χ2n) is 4.63. The van der Waals surface area contributed by atoms with Crippen LogP contribution in [0.1, 0.15) is 41.7 Å². The molecule has 0 radical (unpaired) electrons. The quantitative estimate of drug-likeness (QED) is 0.780. The monoisotopic (exact) mass is 267 g/mol. The van der Waals surface area contributed by atoms with E-state index in [2.05, 4.69) is 15.0 Å². The van der Waals surface area contributed by atoms with Crippen LogP contribution in [0.5, 0.6) is 0 Å². The van der Waals surface area contributed by atoms with Gasteiger partial charge in [0.25, 0.3) is 5.91 Å². The molecule has 1 heterocycles. The van der Waals surface area contributed by atoms with E-state index in [1.165, 1.54) is 0 Å². The van der Waals surface area contributed by atoms with Gasteiger partial charge in [-0.05, 0) is 19.8 Å². The van der Waals surface area contributed by atoms with Crippen molar-refractivity contribution >= 4 is 17.8 Å². The van der Waals surface area contributed by atoms with E-state index in [0.717, 1.165) is 25.7 Å². The summed E-state index contributed by atoms with van der Waals surface area (Å²) in [4.78, 5) is 23.3. The van der Waals surface area contributed by atoms with Crippen LogP contribution in [0.15, 0.2) is 4.52 Å². The number of nitrogen functional groups attached to an aromatic ring is 1. The molecule has 1 fully saturated rings. The van der Waals surface area contributed by atoms with Crippen molar-refractivity contribution in [2.75, 3.05) is 12.3 Å². The number of anilines is 1. The smallest absolute Gasteiger partial charge is 0.346 e. The Balaban J connectivity index is 1.81. The first-order valence-electron chi connectivity index (χ1n) is 6.26. The Morgan fingerprint density at radius 3 is 2.74 bits per heavy atom. The molecule has 2 rings (SSSR count). The lowest BCUT2D eigenvalue weighted by atomic mass is 10.2. The molecule has 0 aliphatic heterocycles. The molecular formula is C12H17N3O4. The Kier molecular flexibility index (Phi) is 4.03. The van der Waals surface area contributed by atoms with Gasteiger partial charge in [0.1, 0.15) is 5.56 Å². The summed E-state index contributed by atoms with van der Waals surface area (Å²) >= 11 is 0. The Labute approximate surface area is 110 Å². The van der Waals surface area contributed by atoms with Crippen LogP contribution in [0.3, 0.4) is 0 Å². The molecule has 104 valence electrons. The summed E-state index contributed by atoms with van der Waals surface area (Å²) in [6.07, 6.45) is 4.22. The van der Waals surface area contributed by atoms with Gasteiger partial charge in [-0.3, -0.25) is 4.79 Å². The summed E-state index contributed by atoms with van der Waals surface area (Å²) in [7, 11) is 0. The SMILES string of the molecule is Cc1noc(N)c1C(=O)OCC(=O)NC1CCCC1. The number of rotatable bonds is 4. The van der Waals surface area contributed by atoms with Gasteiger partial charge in [-0.15, -0.1) is 0 Å². The summed E-state index contributed by atoms with van der Waals surface area (Å²) in [5.74, 6) is -1.09. The molecule has 0 aromatic carbocycles. The number of carbonyl (C=O) groups is 2. The normalized spacial score (nSPS) is 15.4. The van der Waals surface area contributed by atoms with Crippen molar-refractivity contribution in [1.82, 2.24) is 10.5 Å². The highest BCUT2D eigenvalue weighted by atomic mass is 16.5. The molecule has 7 heteroatoms. The number of aryl methyl sites for hydroxylation is 1. The number of amides is 1. The predicted octanol–water partition coefficient (Wildman–Crippen LogP) is 0.781. The fourth-order valence-corrected chi connectivity index (χ4v) is 2.18. The van der Waals surface area contributed by atoms with Gasteiger partial charge in [0, 0.05) is 6.04 Å². The molecule has 1 aromatic rings. The summed E-state index contributed by atoms with van der Waals surface area (Å²) in [5, 5.41) is 6.37. The topological polar surface area (TPSA) is 107 Å². The van der Waals surface area contributed by atoms with Crippen molar-refractivity contribution in [2.45, 2.75) is 38.6 Å². The summed E-state index contributed by atoms with van der Waals surface area (Å²) in [5.41, 5.74) is 5.87. The van der Waals surface area contributed by atoms with Gasteiger partial charge in [-0.25, -0.2) is 4.79 Å². The first-order valence-corrected chi connectivity index (χ1v) is 6.26. The van der Waals surface area contributed by atoms with Crippen molar-refractivity contribution < 1.29 is 18.8 Å². The molecular weight excluding hydrogens is 250 g/mol. The van der Waals surface area contributed by atoms with Crippen molar-refractivity contribution in [3.63, 3.8) is 0 Å².